The molecular weight excluding hydrogens is 448 g/mol. The van der Waals surface area contributed by atoms with Crippen molar-refractivity contribution in [3.63, 3.8) is 0 Å². The summed E-state index contributed by atoms with van der Waals surface area (Å²) in [5.41, 5.74) is 6.64. The Labute approximate surface area is 214 Å². The molecular formula is C30H36N4O2. The quantitative estimate of drug-likeness (QED) is 0.554. The van der Waals surface area contributed by atoms with Crippen LogP contribution in [-0.4, -0.2) is 61.2 Å². The Bertz CT molecular complexity index is 1160. The number of hydrogen-bond donors (Lipinski definition) is 1. The van der Waals surface area contributed by atoms with Crippen LogP contribution >= 0.6 is 0 Å². The summed E-state index contributed by atoms with van der Waals surface area (Å²) in [4.78, 5) is 22.5. The van der Waals surface area contributed by atoms with E-state index in [1.54, 1.807) is 0 Å². The smallest absolute Gasteiger partial charge is 0.251 e. The number of rotatable bonds is 6. The number of likely N-dealkylation sites (tertiary alicyclic amines) is 1. The second-order valence-electron chi connectivity index (χ2n) is 10.0. The Morgan fingerprint density at radius 2 is 1.72 bits per heavy atom. The normalized spacial score (nSPS) is 17.2. The van der Waals surface area contributed by atoms with E-state index in [2.05, 4.69) is 70.3 Å². The lowest BCUT2D eigenvalue weighted by molar-refractivity contribution is 0.0909. The van der Waals surface area contributed by atoms with Gasteiger partial charge in [-0.15, -0.1) is 0 Å². The highest BCUT2D eigenvalue weighted by Gasteiger charge is 2.22. The lowest BCUT2D eigenvalue weighted by Crippen LogP contribution is -2.44. The number of aromatic nitrogens is 1. The SMILES string of the molecule is Cc1ccc(-c2cc(C(=O)NC3CCN(Cc4ccc(N5CCOCC5)nc4)CC3)ccc2C)cc1. The molecule has 0 spiro atoms. The zero-order valence-electron chi connectivity index (χ0n) is 21.4. The van der Waals surface area contributed by atoms with E-state index >= 15 is 0 Å². The van der Waals surface area contributed by atoms with Gasteiger partial charge in [-0.2, -0.15) is 0 Å². The number of ether oxygens (including phenoxy) is 1. The fourth-order valence-electron chi connectivity index (χ4n) is 5.06. The van der Waals surface area contributed by atoms with E-state index in [1.165, 1.54) is 16.7 Å². The molecule has 6 heteroatoms. The van der Waals surface area contributed by atoms with E-state index in [0.717, 1.165) is 81.3 Å². The van der Waals surface area contributed by atoms with Crippen LogP contribution < -0.4 is 10.2 Å². The minimum Gasteiger partial charge on any atom is -0.378 e. The van der Waals surface area contributed by atoms with Crippen molar-refractivity contribution in [1.29, 1.82) is 0 Å². The summed E-state index contributed by atoms with van der Waals surface area (Å²) in [6, 6.07) is 19.0. The van der Waals surface area contributed by atoms with Gasteiger partial charge in [-0.05, 0) is 67.1 Å². The number of carbonyl (C=O) groups excluding carboxylic acids is 1. The van der Waals surface area contributed by atoms with Gasteiger partial charge in [-0.3, -0.25) is 9.69 Å². The molecule has 0 radical (unpaired) electrons. The van der Waals surface area contributed by atoms with E-state index in [0.29, 0.717) is 0 Å². The van der Waals surface area contributed by atoms with Crippen molar-refractivity contribution in [2.24, 2.45) is 0 Å². The fourth-order valence-corrected chi connectivity index (χ4v) is 5.06. The number of morpholine rings is 1. The summed E-state index contributed by atoms with van der Waals surface area (Å²) in [6.07, 6.45) is 3.92. The highest BCUT2D eigenvalue weighted by molar-refractivity contribution is 5.96. The zero-order valence-corrected chi connectivity index (χ0v) is 21.4. The molecule has 1 aromatic heterocycles. The van der Waals surface area contributed by atoms with Gasteiger partial charge in [0, 0.05) is 50.5 Å². The molecule has 0 unspecified atom stereocenters. The Morgan fingerprint density at radius 3 is 2.42 bits per heavy atom. The first-order chi connectivity index (χ1) is 17.5. The maximum Gasteiger partial charge on any atom is 0.251 e. The lowest BCUT2D eigenvalue weighted by Gasteiger charge is -2.32. The number of benzene rings is 2. The van der Waals surface area contributed by atoms with Gasteiger partial charge < -0.3 is 15.0 Å². The zero-order chi connectivity index (χ0) is 24.9. The predicted octanol–water partition coefficient (Wildman–Crippen LogP) is 4.60. The van der Waals surface area contributed by atoms with Gasteiger partial charge >= 0.3 is 0 Å². The molecule has 0 bridgehead atoms. The minimum atomic E-state index is 0.0183. The molecule has 1 N–H and O–H groups in total. The molecule has 1 amide bonds. The molecule has 6 nitrogen and oxygen atoms in total. The van der Waals surface area contributed by atoms with Crippen LogP contribution in [0, 0.1) is 13.8 Å². The average molecular weight is 485 g/mol. The van der Waals surface area contributed by atoms with E-state index in [4.69, 9.17) is 4.74 Å². The van der Waals surface area contributed by atoms with Gasteiger partial charge in [0.2, 0.25) is 0 Å². The van der Waals surface area contributed by atoms with Crippen molar-refractivity contribution in [3.05, 3.63) is 83.0 Å². The molecule has 3 aromatic rings. The summed E-state index contributed by atoms with van der Waals surface area (Å²) in [5.74, 6) is 1.05. The number of nitrogens with one attached hydrogen (secondary N) is 1. The number of anilines is 1. The van der Waals surface area contributed by atoms with Crippen LogP contribution in [0.4, 0.5) is 5.82 Å². The van der Waals surface area contributed by atoms with Crippen molar-refractivity contribution in [3.8, 4) is 11.1 Å². The molecule has 3 heterocycles. The molecule has 36 heavy (non-hydrogen) atoms. The van der Waals surface area contributed by atoms with Crippen molar-refractivity contribution >= 4 is 11.7 Å². The van der Waals surface area contributed by atoms with E-state index in [-0.39, 0.29) is 11.9 Å². The summed E-state index contributed by atoms with van der Waals surface area (Å²) < 4.78 is 5.43. The first-order valence-corrected chi connectivity index (χ1v) is 13.0. The Balaban J connectivity index is 1.13. The molecule has 2 saturated heterocycles. The number of pyridine rings is 1. The van der Waals surface area contributed by atoms with Crippen LogP contribution in [0.5, 0.6) is 0 Å². The third-order valence-corrected chi connectivity index (χ3v) is 7.34. The summed E-state index contributed by atoms with van der Waals surface area (Å²) in [7, 11) is 0. The highest BCUT2D eigenvalue weighted by Crippen LogP contribution is 2.25. The topological polar surface area (TPSA) is 57.7 Å². The number of aryl methyl sites for hydroxylation is 2. The van der Waals surface area contributed by atoms with Gasteiger partial charge in [0.15, 0.2) is 0 Å². The van der Waals surface area contributed by atoms with E-state index in [9.17, 15) is 4.79 Å². The number of nitrogens with zero attached hydrogens (tertiary/aromatic N) is 3. The molecule has 188 valence electrons. The Kier molecular flexibility index (Phi) is 7.63. The van der Waals surface area contributed by atoms with Gasteiger partial charge in [0.05, 0.1) is 13.2 Å². The number of carbonyl (C=O) groups is 1. The maximum absolute atomic E-state index is 13.1. The highest BCUT2D eigenvalue weighted by atomic mass is 16.5. The third-order valence-electron chi connectivity index (χ3n) is 7.34. The van der Waals surface area contributed by atoms with Crippen molar-refractivity contribution in [2.45, 2.75) is 39.3 Å². The molecule has 2 aromatic carbocycles. The van der Waals surface area contributed by atoms with E-state index in [1.807, 2.05) is 24.4 Å². The van der Waals surface area contributed by atoms with Crippen LogP contribution in [0.15, 0.2) is 60.8 Å². The first-order valence-electron chi connectivity index (χ1n) is 13.0. The lowest BCUT2D eigenvalue weighted by atomic mass is 9.96. The van der Waals surface area contributed by atoms with Crippen LogP contribution in [0.3, 0.4) is 0 Å². The fraction of sp³-hybridized carbons (Fsp3) is 0.400. The summed E-state index contributed by atoms with van der Waals surface area (Å²) >= 11 is 0. The van der Waals surface area contributed by atoms with Gasteiger partial charge in [-0.25, -0.2) is 4.98 Å². The number of hydrogen-bond acceptors (Lipinski definition) is 5. The van der Waals surface area contributed by atoms with Crippen LogP contribution in [-0.2, 0) is 11.3 Å². The monoisotopic (exact) mass is 484 g/mol. The van der Waals surface area contributed by atoms with Crippen LogP contribution in [0.1, 0.15) is 39.9 Å². The van der Waals surface area contributed by atoms with Crippen molar-refractivity contribution < 1.29 is 9.53 Å². The largest absolute Gasteiger partial charge is 0.378 e. The number of piperidine rings is 1. The second-order valence-corrected chi connectivity index (χ2v) is 10.0. The van der Waals surface area contributed by atoms with Gasteiger partial charge in [0.1, 0.15) is 5.82 Å². The van der Waals surface area contributed by atoms with Crippen molar-refractivity contribution in [2.75, 3.05) is 44.3 Å². The summed E-state index contributed by atoms with van der Waals surface area (Å²) in [5, 5.41) is 3.28. The molecule has 5 rings (SSSR count). The minimum absolute atomic E-state index is 0.0183. The van der Waals surface area contributed by atoms with Gasteiger partial charge in [0.25, 0.3) is 5.91 Å². The maximum atomic E-state index is 13.1. The molecule has 2 aliphatic rings. The molecule has 0 atom stereocenters. The Morgan fingerprint density at radius 1 is 0.972 bits per heavy atom. The second kappa shape index (κ2) is 11.2. The number of amides is 1. The predicted molar refractivity (Wildman–Crippen MR) is 144 cm³/mol. The van der Waals surface area contributed by atoms with Crippen LogP contribution in [0.25, 0.3) is 11.1 Å². The third kappa shape index (κ3) is 5.94. The summed E-state index contributed by atoms with van der Waals surface area (Å²) in [6.45, 7) is 10.4. The van der Waals surface area contributed by atoms with Crippen molar-refractivity contribution in [1.82, 2.24) is 15.2 Å². The van der Waals surface area contributed by atoms with Crippen LogP contribution in [0.2, 0.25) is 0 Å². The molecule has 0 aliphatic carbocycles. The molecule has 0 saturated carbocycles. The first kappa shape index (κ1) is 24.5. The van der Waals surface area contributed by atoms with E-state index < -0.39 is 0 Å². The standard InChI is InChI=1S/C30H36N4O2/c1-22-3-7-25(8-4-22)28-19-26(9-5-23(28)2)30(35)32-27-11-13-33(14-12-27)21-24-6-10-29(31-20-24)34-15-17-36-18-16-34/h3-10,19-20,27H,11-18,21H2,1-2H3,(H,32,35). The van der Waals surface area contributed by atoms with Gasteiger partial charge in [-0.1, -0.05) is 42.0 Å². The Hall–Kier alpha value is -3.22. The molecule has 2 fully saturated rings. The molecule has 2 aliphatic heterocycles. The average Bonchev–Trinajstić information content (AvgIpc) is 2.91.